The van der Waals surface area contributed by atoms with Crippen molar-refractivity contribution < 1.29 is 236 Å². The molecule has 1 aromatic heterocycles. The highest BCUT2D eigenvalue weighted by molar-refractivity contribution is 7.99. The number of aromatic nitrogens is 1. The van der Waals surface area contributed by atoms with Gasteiger partial charge in [0.25, 0.3) is 0 Å². The molecular formula is C96H149N2O48S3+. The van der Waals surface area contributed by atoms with E-state index < -0.39 is 331 Å². The van der Waals surface area contributed by atoms with E-state index in [-0.39, 0.29) is 111 Å². The number of cyclic esters (lactones) is 1. The maximum absolute atomic E-state index is 14.2. The fraction of sp³-hybridized carbons (Fsp3) is 0.833. The van der Waals surface area contributed by atoms with Crippen molar-refractivity contribution in [2.24, 2.45) is 34.8 Å². The minimum absolute atomic E-state index is 0.0656. The van der Waals surface area contributed by atoms with Crippen LogP contribution in [0.1, 0.15) is 148 Å². The standard InChI is InChI=1S/C60H98O41S2.C36H51N2O7S/c1-3-21(52(82)83)16-102-18-29-50-36(73)43(80)59(93-29)98-48-27(14-64)89-55(39(76)32(48)69)95-45-24(11-61)88-54(38(75)31(45)68)96-46-26(13-63)92-58(42(79)35(46)72)101-51-30(19-103-17-22(53(84)85)10-23(67)5-7-87-9-8-86-6-4-20(2)66)94-60(44(81)37(51)74)99-49-28(15-65)90-56(40(77)33(49)70)97-47-25(12-62)91-57(100-50)41(78)34(47)71;1-7-12-25-33(41)22(2)13-11-17-36(6)30(45-36)20-27(24-15-16-28-26(19-24)38-23(3)46-28)43-32(40)21-29(35(4,5)34(25)42)44-31(39)14-9-8-10-18-37/h21-22,24-51,54-65,68-81H,3-19H2,1-2H3,(H,82,83)(H,84,85);1,7,15-16,19,22,25,27,29-30,33,41H,8-14,17-18,20-21,37H2,2-6H3/q;+1/t21?,22?,24?,25?,26?,27?,28?,29?,30?,31-,32-,33-,34-,35-,36-,37-,38?,39?,40?,41?,42?,43?,44?,45-,46-,47-,48-,49-,50-,51-,54-,55-,56-,57-,58-,59-,60-;22-,25+,27-,29-,30-,33-,36+/m10/s1. The molecule has 53 heteroatoms. The zero-order valence-electron chi connectivity index (χ0n) is 83.7. The van der Waals surface area contributed by atoms with Crippen molar-refractivity contribution in [1.82, 2.24) is 4.98 Å². The van der Waals surface area contributed by atoms with Crippen LogP contribution < -0.4 is 5.73 Å². The summed E-state index contributed by atoms with van der Waals surface area (Å²) in [4.78, 5) is 94.4. The average molecular weight is 2200 g/mol. The predicted octanol–water partition coefficient (Wildman–Crippen LogP) is -5.25. The number of aliphatic carboxylic acids is 2. The number of allylic oxidation sites excluding steroid dienone is 1. The van der Waals surface area contributed by atoms with Gasteiger partial charge in [0.1, 0.15) is 188 Å². The second-order valence-electron chi connectivity index (χ2n) is 39.9. The zero-order valence-corrected chi connectivity index (χ0v) is 86.2. The number of rotatable bonds is 36. The largest absolute Gasteiger partial charge is 0.481 e. The number of carboxylic acids is 2. The Morgan fingerprint density at radius 3 is 1.31 bits per heavy atom. The van der Waals surface area contributed by atoms with Crippen molar-refractivity contribution >= 4 is 86.3 Å². The summed E-state index contributed by atoms with van der Waals surface area (Å²) in [5, 5.41) is 249. The number of aryl methyl sites for hydroxylation is 1. The molecule has 23 aliphatic heterocycles. The van der Waals surface area contributed by atoms with Crippen LogP contribution in [0.2, 0.25) is 0 Å². The molecular weight excluding hydrogens is 2050 g/mol. The van der Waals surface area contributed by atoms with Gasteiger partial charge in [0, 0.05) is 61.5 Å². The van der Waals surface area contributed by atoms with E-state index in [1.807, 2.05) is 32.0 Å². The van der Waals surface area contributed by atoms with Gasteiger partial charge in [0.15, 0.2) is 50.1 Å². The second-order valence-corrected chi connectivity index (χ2v) is 43.3. The van der Waals surface area contributed by atoms with E-state index in [2.05, 4.69) is 11.9 Å². The van der Waals surface area contributed by atoms with Crippen LogP contribution in [0.15, 0.2) is 24.3 Å². The maximum Gasteiger partial charge on any atom is 0.310 e. The van der Waals surface area contributed by atoms with Crippen LogP contribution in [-0.2, 0) is 124 Å². The number of carbonyl (C=O) groups is 7. The van der Waals surface area contributed by atoms with Gasteiger partial charge in [0.05, 0.1) is 134 Å². The molecule has 848 valence electrons. The van der Waals surface area contributed by atoms with Crippen molar-refractivity contribution in [3.63, 3.8) is 0 Å². The smallest absolute Gasteiger partial charge is 0.310 e. The van der Waals surface area contributed by atoms with E-state index in [1.165, 1.54) is 13.0 Å². The molecule has 0 spiro atoms. The third kappa shape index (κ3) is 31.5. The highest BCUT2D eigenvalue weighted by Gasteiger charge is 2.62. The van der Waals surface area contributed by atoms with Gasteiger partial charge in [-0.3, -0.25) is 33.6 Å². The number of nitrogens with two attached hydrogens (primary N) is 1. The molecule has 25 rings (SSSR count). The topological polar surface area (TPSA) is 782 Å². The number of carboxylic acid groups (broad SMARTS) is 2. The molecule has 0 amide bonds. The lowest BCUT2D eigenvalue weighted by Gasteiger charge is -2.50. The lowest BCUT2D eigenvalue weighted by molar-refractivity contribution is -0.395. The Bertz CT molecular complexity index is 4530. The summed E-state index contributed by atoms with van der Waals surface area (Å²) < 4.78 is 113. The number of unbranched alkanes of at least 4 members (excludes halogenated alkanes) is 2. The maximum atomic E-state index is 14.2. The molecule has 24 heterocycles. The molecule has 23 saturated heterocycles. The first-order valence-electron chi connectivity index (χ1n) is 50.2. The number of thioether (sulfide) groups is 2. The molecule has 0 aliphatic carbocycles. The molecule has 2 aromatic rings. The number of esters is 2. The molecule has 1 aromatic carbocycles. The van der Waals surface area contributed by atoms with Crippen molar-refractivity contribution in [2.75, 3.05) is 89.0 Å². The van der Waals surface area contributed by atoms with Gasteiger partial charge < -0.3 is 208 Å². The van der Waals surface area contributed by atoms with E-state index in [0.717, 1.165) is 70.0 Å². The van der Waals surface area contributed by atoms with Crippen LogP contribution in [0.5, 0.6) is 0 Å². The lowest BCUT2D eigenvalue weighted by atomic mass is 9.71. The van der Waals surface area contributed by atoms with Gasteiger partial charge in [-0.05, 0) is 96.9 Å². The molecule has 16 unspecified atom stereocenters. The monoisotopic (exact) mass is 2190 g/mol. The molecule has 0 radical (unpaired) electrons. The van der Waals surface area contributed by atoms with E-state index in [0.29, 0.717) is 25.8 Å². The van der Waals surface area contributed by atoms with Crippen molar-refractivity contribution in [3.8, 4) is 0 Å². The zero-order chi connectivity index (χ0) is 109. The quantitative estimate of drug-likeness (QED) is 0.0131. The van der Waals surface area contributed by atoms with Crippen molar-refractivity contribution in [3.05, 3.63) is 41.4 Å². The highest BCUT2D eigenvalue weighted by atomic mass is 32.2. The number of Topliss-reactive ketones (excluding diaryl/α,β-unsaturated/α-hetero) is 3. The number of carbonyl (C=O) groups excluding carboxylic acids is 5. The second kappa shape index (κ2) is 57.3. The summed E-state index contributed by atoms with van der Waals surface area (Å²) in [5.74, 6) is -9.16. The Morgan fingerprint density at radius 2 is 0.926 bits per heavy atom. The van der Waals surface area contributed by atoms with Gasteiger partial charge in [-0.25, -0.2) is 4.98 Å². The molecule has 23 fully saturated rings. The van der Waals surface area contributed by atoms with Crippen LogP contribution in [0, 0.1) is 42.6 Å². The van der Waals surface area contributed by atoms with Gasteiger partial charge >= 0.3 is 23.9 Å². The van der Waals surface area contributed by atoms with E-state index in [9.17, 15) is 146 Å². The fourth-order valence-corrected chi connectivity index (χ4v) is 22.7. The van der Waals surface area contributed by atoms with Crippen molar-refractivity contribution in [1.29, 1.82) is 0 Å². The first-order chi connectivity index (χ1) is 70.8. The predicted molar refractivity (Wildman–Crippen MR) is 511 cm³/mol. The third-order valence-electron chi connectivity index (χ3n) is 28.6. The highest BCUT2D eigenvalue weighted by Crippen LogP contribution is 2.49. The number of benzene rings is 1. The number of thiazole rings is 1. The number of nitrogens with zero attached hydrogens (tertiary/aromatic N) is 1. The van der Waals surface area contributed by atoms with Crippen LogP contribution in [0.4, 0.5) is 0 Å². The van der Waals surface area contributed by atoms with Gasteiger partial charge in [-0.15, -0.1) is 11.3 Å². The number of fused-ring (bicyclic) bond motifs is 2. The minimum atomic E-state index is -2.31. The summed E-state index contributed by atoms with van der Waals surface area (Å²) in [6, 6.07) is 5.91. The van der Waals surface area contributed by atoms with Crippen LogP contribution in [-0.4, -0.2) is 486 Å². The molecule has 50 nitrogen and oxygen atoms in total. The number of aliphatic hydroxyl groups is 20. The van der Waals surface area contributed by atoms with E-state index in [4.69, 9.17) is 102 Å². The van der Waals surface area contributed by atoms with Gasteiger partial charge in [-0.2, -0.15) is 23.5 Å². The van der Waals surface area contributed by atoms with Crippen molar-refractivity contribution in [2.45, 2.75) is 383 Å². The minimum Gasteiger partial charge on any atom is -0.481 e. The fourth-order valence-electron chi connectivity index (χ4n) is 19.4. The number of ether oxygens (including phenoxy) is 19. The molecule has 14 bridgehead atoms. The summed E-state index contributed by atoms with van der Waals surface area (Å²) in [6.45, 7) is 13.3. The first-order valence-corrected chi connectivity index (χ1v) is 53.3. The number of hydrogen-bond donors (Lipinski definition) is 23. The normalized spacial score (nSPS) is 40.5. The number of epoxide rings is 1. The Hall–Kier alpha value is -5.17. The van der Waals surface area contributed by atoms with Crippen LogP contribution >= 0.6 is 34.9 Å². The average Bonchev–Trinajstić information content (AvgIpc) is 1.69. The Morgan fingerprint density at radius 1 is 0.530 bits per heavy atom. The number of hydrogen-bond acceptors (Lipinski definition) is 51. The Kier molecular flexibility index (Phi) is 47.7. The van der Waals surface area contributed by atoms with E-state index in [1.54, 1.807) is 32.1 Å². The lowest BCUT2D eigenvalue weighted by Crippen LogP contribution is -2.68. The van der Waals surface area contributed by atoms with Gasteiger partial charge in [0.2, 0.25) is 6.58 Å². The third-order valence-corrected chi connectivity index (χ3v) is 32.0. The first kappa shape index (κ1) is 124. The Labute approximate surface area is 871 Å². The van der Waals surface area contributed by atoms with Crippen LogP contribution in [0.3, 0.4) is 0 Å². The Balaban J connectivity index is 0.000000380. The summed E-state index contributed by atoms with van der Waals surface area (Å²) in [5.41, 5.74) is 5.55. The van der Waals surface area contributed by atoms with E-state index >= 15 is 0 Å². The number of aliphatic hydroxyl groups excluding tert-OH is 20. The summed E-state index contributed by atoms with van der Waals surface area (Å²) in [7, 11) is 0. The molecule has 0 saturated carbocycles. The molecule has 44 atom stereocenters. The van der Waals surface area contributed by atoms with Crippen LogP contribution in [0.25, 0.3) is 10.2 Å². The number of ketones is 3. The molecule has 23 aliphatic rings. The summed E-state index contributed by atoms with van der Waals surface area (Å²) in [6.07, 6.45) is -69.3. The molecule has 149 heavy (non-hydrogen) atoms. The SMILES string of the molecule is CCC(CSCC1O[C@@H]2O[C@@H]3C(CO)O[C@H](O[C@@H]4C(CO)O[C@H](O[C@@H]5C(CO)O[C@H](O[C@@H]6C(CSCC(CC(=O)CCOCCOCCC(C)=O)C(=O)O)O[C@H](O[C@@H]7C(CO)O[C@H](O[C@@H]8C(CO)O[C@H](O[C@H]1[C@H](O)C2O)C(O)[C@H]8O)C(O)[C@H]7O)C(O)[C@H]6O)C(O)[C@H]5O)C(O)[C@H]4O)C(O)[C@H]3O)C(=O)O.[CH+]=CC[C@H]1C(=O)C(C)(C)[C@@H](OC(=O)CCCCCN)CC(=O)O[C@H](c2ccc3sc(C)nc3c2)C[C@@H]2O[C@]2(C)CCC[C@H](C)[C@@H]1O. The van der Waals surface area contributed by atoms with Gasteiger partial charge in [-0.1, -0.05) is 32.8 Å². The summed E-state index contributed by atoms with van der Waals surface area (Å²) >= 11 is 3.33. The molecule has 24 N–H and O–H groups in total.